The molecule has 0 saturated heterocycles. The molecule has 1 unspecified atom stereocenters. The minimum absolute atomic E-state index is 0.0333. The van der Waals surface area contributed by atoms with Gasteiger partial charge in [0.05, 0.1) is 11.3 Å². The summed E-state index contributed by atoms with van der Waals surface area (Å²) in [5, 5.41) is 9.34. The lowest BCUT2D eigenvalue weighted by Crippen LogP contribution is -2.35. The van der Waals surface area contributed by atoms with Crippen LogP contribution < -0.4 is 4.72 Å². The second-order valence-electron chi connectivity index (χ2n) is 5.85. The normalized spacial score (nSPS) is 16.8. The number of hydrogen-bond donors (Lipinski definition) is 2. The van der Waals surface area contributed by atoms with Crippen molar-refractivity contribution in [3.05, 3.63) is 64.2 Å². The SMILES string of the molecule is O=C(O)Cc1ccc2c(c1)CC(NS(=O)(=O)c1ccc(Cl)cc1)C2. The second kappa shape index (κ2) is 6.55. The fraction of sp³-hybridized carbons (Fsp3) is 0.235. The number of hydrogen-bond acceptors (Lipinski definition) is 3. The molecule has 0 radical (unpaired) electrons. The summed E-state index contributed by atoms with van der Waals surface area (Å²) < 4.78 is 27.6. The van der Waals surface area contributed by atoms with Crippen molar-refractivity contribution in [1.82, 2.24) is 4.72 Å². The fourth-order valence-electron chi connectivity index (χ4n) is 2.94. The molecular formula is C17H16ClNO4S. The fourth-order valence-corrected chi connectivity index (χ4v) is 4.30. The molecule has 1 aliphatic rings. The van der Waals surface area contributed by atoms with Gasteiger partial charge in [-0.05, 0) is 53.8 Å². The van der Waals surface area contributed by atoms with Crippen molar-refractivity contribution in [3.63, 3.8) is 0 Å². The Labute approximate surface area is 145 Å². The van der Waals surface area contributed by atoms with Crippen LogP contribution >= 0.6 is 11.6 Å². The first kappa shape index (κ1) is 17.0. The largest absolute Gasteiger partial charge is 0.481 e. The molecule has 1 aliphatic carbocycles. The maximum absolute atomic E-state index is 12.4. The first-order valence-electron chi connectivity index (χ1n) is 7.44. The van der Waals surface area contributed by atoms with Crippen molar-refractivity contribution in [1.29, 1.82) is 0 Å². The van der Waals surface area contributed by atoms with Gasteiger partial charge in [0.2, 0.25) is 10.0 Å². The van der Waals surface area contributed by atoms with Gasteiger partial charge in [0, 0.05) is 11.1 Å². The predicted molar refractivity (Wildman–Crippen MR) is 90.8 cm³/mol. The minimum atomic E-state index is -3.61. The van der Waals surface area contributed by atoms with Gasteiger partial charge in [0.25, 0.3) is 0 Å². The first-order chi connectivity index (χ1) is 11.3. The molecule has 2 aromatic rings. The Balaban J connectivity index is 1.73. The quantitative estimate of drug-likeness (QED) is 0.852. The van der Waals surface area contributed by atoms with E-state index >= 15 is 0 Å². The Bertz CT molecular complexity index is 878. The number of carbonyl (C=O) groups is 1. The molecule has 0 aromatic heterocycles. The number of aliphatic carboxylic acids is 1. The van der Waals surface area contributed by atoms with Gasteiger partial charge >= 0.3 is 5.97 Å². The van der Waals surface area contributed by atoms with Gasteiger partial charge in [-0.1, -0.05) is 29.8 Å². The summed E-state index contributed by atoms with van der Waals surface area (Å²) in [5.41, 5.74) is 2.77. The van der Waals surface area contributed by atoms with E-state index in [-0.39, 0.29) is 17.4 Å². The zero-order chi connectivity index (χ0) is 17.3. The van der Waals surface area contributed by atoms with Crippen LogP contribution in [0.1, 0.15) is 16.7 Å². The number of fused-ring (bicyclic) bond motifs is 1. The van der Waals surface area contributed by atoms with Crippen molar-refractivity contribution in [2.75, 3.05) is 0 Å². The van der Waals surface area contributed by atoms with Crippen LogP contribution in [-0.4, -0.2) is 25.5 Å². The third-order valence-corrected chi connectivity index (χ3v) is 5.79. The van der Waals surface area contributed by atoms with Gasteiger partial charge in [-0.25, -0.2) is 13.1 Å². The predicted octanol–water partition coefficient (Wildman–Crippen LogP) is 2.41. The molecule has 0 bridgehead atoms. The highest BCUT2D eigenvalue weighted by molar-refractivity contribution is 7.89. The topological polar surface area (TPSA) is 83.5 Å². The third kappa shape index (κ3) is 3.77. The van der Waals surface area contributed by atoms with E-state index in [1.54, 1.807) is 6.07 Å². The summed E-state index contributed by atoms with van der Waals surface area (Å²) in [6.07, 6.45) is 1.11. The molecule has 1 atom stereocenters. The molecule has 5 nitrogen and oxygen atoms in total. The van der Waals surface area contributed by atoms with Crippen LogP contribution in [0, 0.1) is 0 Å². The van der Waals surface area contributed by atoms with Crippen LogP contribution in [-0.2, 0) is 34.1 Å². The molecule has 0 aliphatic heterocycles. The van der Waals surface area contributed by atoms with Crippen molar-refractivity contribution < 1.29 is 18.3 Å². The van der Waals surface area contributed by atoms with Gasteiger partial charge < -0.3 is 5.11 Å². The molecule has 2 N–H and O–H groups in total. The van der Waals surface area contributed by atoms with E-state index in [4.69, 9.17) is 16.7 Å². The van der Waals surface area contributed by atoms with Crippen LogP contribution in [0.15, 0.2) is 47.4 Å². The van der Waals surface area contributed by atoms with E-state index in [9.17, 15) is 13.2 Å². The summed E-state index contributed by atoms with van der Waals surface area (Å²) in [7, 11) is -3.61. The standard InChI is InChI=1S/C17H16ClNO4S/c18-14-3-5-16(6-4-14)24(22,23)19-15-9-12-2-1-11(8-17(20)21)7-13(12)10-15/h1-7,15,19H,8-10H2,(H,20,21). The number of nitrogens with one attached hydrogen (secondary N) is 1. The minimum Gasteiger partial charge on any atom is -0.481 e. The monoisotopic (exact) mass is 365 g/mol. The van der Waals surface area contributed by atoms with E-state index in [1.807, 2.05) is 12.1 Å². The Morgan fingerprint density at radius 1 is 1.12 bits per heavy atom. The maximum atomic E-state index is 12.4. The number of sulfonamides is 1. The third-order valence-electron chi connectivity index (χ3n) is 4.00. The van der Waals surface area contributed by atoms with Gasteiger partial charge in [-0.15, -0.1) is 0 Å². The zero-order valence-corrected chi connectivity index (χ0v) is 14.3. The lowest BCUT2D eigenvalue weighted by Gasteiger charge is -2.12. The van der Waals surface area contributed by atoms with E-state index < -0.39 is 16.0 Å². The number of benzene rings is 2. The molecule has 0 fully saturated rings. The molecule has 3 rings (SSSR count). The van der Waals surface area contributed by atoms with Crippen LogP contribution in [0.4, 0.5) is 0 Å². The van der Waals surface area contributed by atoms with Gasteiger partial charge in [0.15, 0.2) is 0 Å². The molecule has 0 spiro atoms. The molecule has 2 aromatic carbocycles. The molecule has 0 saturated carbocycles. The molecule has 0 heterocycles. The van der Waals surface area contributed by atoms with Gasteiger partial charge in [-0.2, -0.15) is 0 Å². The summed E-state index contributed by atoms with van der Waals surface area (Å²) in [6, 6.07) is 11.3. The molecule has 7 heteroatoms. The number of halogens is 1. The average molecular weight is 366 g/mol. The van der Waals surface area contributed by atoms with Crippen molar-refractivity contribution >= 4 is 27.6 Å². The van der Waals surface area contributed by atoms with Crippen LogP contribution in [0.5, 0.6) is 0 Å². The Hall–Kier alpha value is -1.89. The lowest BCUT2D eigenvalue weighted by molar-refractivity contribution is -0.136. The Morgan fingerprint density at radius 3 is 2.46 bits per heavy atom. The highest BCUT2D eigenvalue weighted by Crippen LogP contribution is 2.25. The summed E-state index contributed by atoms with van der Waals surface area (Å²) in [6.45, 7) is 0. The smallest absolute Gasteiger partial charge is 0.307 e. The van der Waals surface area contributed by atoms with Crippen LogP contribution in [0.25, 0.3) is 0 Å². The molecular weight excluding hydrogens is 350 g/mol. The summed E-state index contributed by atoms with van der Waals surface area (Å²) in [4.78, 5) is 11.0. The van der Waals surface area contributed by atoms with E-state index in [2.05, 4.69) is 4.72 Å². The van der Waals surface area contributed by atoms with E-state index in [0.29, 0.717) is 17.9 Å². The van der Waals surface area contributed by atoms with Crippen LogP contribution in [0.2, 0.25) is 5.02 Å². The number of carboxylic acid groups (broad SMARTS) is 1. The highest BCUT2D eigenvalue weighted by atomic mass is 35.5. The highest BCUT2D eigenvalue weighted by Gasteiger charge is 2.26. The zero-order valence-electron chi connectivity index (χ0n) is 12.7. The Morgan fingerprint density at radius 2 is 1.79 bits per heavy atom. The molecule has 24 heavy (non-hydrogen) atoms. The molecule has 126 valence electrons. The van der Waals surface area contributed by atoms with Crippen LogP contribution in [0.3, 0.4) is 0 Å². The van der Waals surface area contributed by atoms with E-state index in [1.165, 1.54) is 24.3 Å². The summed E-state index contributed by atoms with van der Waals surface area (Å²) in [5.74, 6) is -0.882. The van der Waals surface area contributed by atoms with Gasteiger partial charge in [-0.3, -0.25) is 4.79 Å². The van der Waals surface area contributed by atoms with Crippen molar-refractivity contribution in [3.8, 4) is 0 Å². The van der Waals surface area contributed by atoms with Crippen molar-refractivity contribution in [2.45, 2.75) is 30.2 Å². The first-order valence-corrected chi connectivity index (χ1v) is 9.30. The summed E-state index contributed by atoms with van der Waals surface area (Å²) >= 11 is 5.79. The maximum Gasteiger partial charge on any atom is 0.307 e. The number of rotatable bonds is 5. The lowest BCUT2D eigenvalue weighted by atomic mass is 10.0. The van der Waals surface area contributed by atoms with Crippen molar-refractivity contribution in [2.24, 2.45) is 0 Å². The number of carboxylic acids is 1. The second-order valence-corrected chi connectivity index (χ2v) is 8.00. The van der Waals surface area contributed by atoms with E-state index in [0.717, 1.165) is 16.7 Å². The van der Waals surface area contributed by atoms with Gasteiger partial charge in [0.1, 0.15) is 0 Å². The average Bonchev–Trinajstić information content (AvgIpc) is 2.87. The molecule has 0 amide bonds. The Kier molecular flexibility index (Phi) is 4.62.